The van der Waals surface area contributed by atoms with E-state index in [-0.39, 0.29) is 0 Å². The lowest BCUT2D eigenvalue weighted by atomic mass is 10.0. The van der Waals surface area contributed by atoms with E-state index in [2.05, 4.69) is 24.3 Å². The summed E-state index contributed by atoms with van der Waals surface area (Å²) >= 11 is 0. The van der Waals surface area contributed by atoms with Crippen molar-refractivity contribution in [3.8, 4) is 5.75 Å². The van der Waals surface area contributed by atoms with E-state index in [1.807, 2.05) is 24.3 Å². The Morgan fingerprint density at radius 1 is 1.00 bits per heavy atom. The maximum atomic E-state index is 5.81. The van der Waals surface area contributed by atoms with Gasteiger partial charge in [0.25, 0.3) is 0 Å². The van der Waals surface area contributed by atoms with E-state index < -0.39 is 0 Å². The highest BCUT2D eigenvalue weighted by Crippen LogP contribution is 2.22. The molecule has 2 N–H and O–H groups in total. The monoisotopic (exact) mass is 241 g/mol. The first-order chi connectivity index (χ1) is 8.79. The minimum Gasteiger partial charge on any atom is -0.496 e. The SMILES string of the molecule is COc1ccc(N)cc1CCCc1ccccc1. The average molecular weight is 241 g/mol. The number of methoxy groups -OCH3 is 1. The van der Waals surface area contributed by atoms with Gasteiger partial charge in [0.15, 0.2) is 0 Å². The number of hydrogen-bond acceptors (Lipinski definition) is 2. The van der Waals surface area contributed by atoms with Crippen LogP contribution in [0, 0.1) is 0 Å². The Kier molecular flexibility index (Phi) is 4.24. The van der Waals surface area contributed by atoms with Crippen molar-refractivity contribution in [1.82, 2.24) is 0 Å². The molecule has 2 nitrogen and oxygen atoms in total. The van der Waals surface area contributed by atoms with Gasteiger partial charge in [-0.2, -0.15) is 0 Å². The van der Waals surface area contributed by atoms with E-state index in [1.165, 1.54) is 11.1 Å². The number of rotatable bonds is 5. The normalized spacial score (nSPS) is 10.3. The Bertz CT molecular complexity index is 494. The minimum atomic E-state index is 0.797. The zero-order chi connectivity index (χ0) is 12.8. The fraction of sp³-hybridized carbons (Fsp3) is 0.250. The molecule has 0 aliphatic heterocycles. The predicted molar refractivity (Wildman–Crippen MR) is 75.9 cm³/mol. The molecule has 0 heterocycles. The van der Waals surface area contributed by atoms with Crippen molar-refractivity contribution in [2.75, 3.05) is 12.8 Å². The van der Waals surface area contributed by atoms with Gasteiger partial charge in [-0.3, -0.25) is 0 Å². The highest BCUT2D eigenvalue weighted by Gasteiger charge is 2.03. The molecule has 0 aromatic heterocycles. The molecule has 94 valence electrons. The molecule has 0 bridgehead atoms. The van der Waals surface area contributed by atoms with Gasteiger partial charge in [0.05, 0.1) is 7.11 Å². The molecule has 0 unspecified atom stereocenters. The van der Waals surface area contributed by atoms with Crippen LogP contribution in [0.4, 0.5) is 5.69 Å². The van der Waals surface area contributed by atoms with Crippen LogP contribution in [0.25, 0.3) is 0 Å². The zero-order valence-electron chi connectivity index (χ0n) is 10.7. The second-order valence-corrected chi connectivity index (χ2v) is 4.41. The number of benzene rings is 2. The molecule has 0 spiro atoms. The number of ether oxygens (including phenoxy) is 1. The van der Waals surface area contributed by atoms with Crippen molar-refractivity contribution in [2.24, 2.45) is 0 Å². The quantitative estimate of drug-likeness (QED) is 0.814. The first-order valence-corrected chi connectivity index (χ1v) is 6.26. The van der Waals surface area contributed by atoms with Crippen LogP contribution in [-0.2, 0) is 12.8 Å². The van der Waals surface area contributed by atoms with E-state index in [9.17, 15) is 0 Å². The largest absolute Gasteiger partial charge is 0.496 e. The van der Waals surface area contributed by atoms with Crippen molar-refractivity contribution < 1.29 is 4.74 Å². The van der Waals surface area contributed by atoms with Crippen molar-refractivity contribution in [3.05, 3.63) is 59.7 Å². The second-order valence-electron chi connectivity index (χ2n) is 4.41. The predicted octanol–water partition coefficient (Wildman–Crippen LogP) is 3.45. The summed E-state index contributed by atoms with van der Waals surface area (Å²) in [7, 11) is 1.70. The van der Waals surface area contributed by atoms with E-state index in [0.717, 1.165) is 30.7 Å². The van der Waals surface area contributed by atoms with E-state index in [1.54, 1.807) is 7.11 Å². The van der Waals surface area contributed by atoms with Gasteiger partial charge in [0, 0.05) is 5.69 Å². The molecule has 0 fully saturated rings. The fourth-order valence-corrected chi connectivity index (χ4v) is 2.12. The van der Waals surface area contributed by atoms with Crippen molar-refractivity contribution in [3.63, 3.8) is 0 Å². The summed E-state index contributed by atoms with van der Waals surface area (Å²) in [4.78, 5) is 0. The Balaban J connectivity index is 1.96. The lowest BCUT2D eigenvalue weighted by Crippen LogP contribution is -1.96. The standard InChI is InChI=1S/C16H19NO/c1-18-16-11-10-15(17)12-14(16)9-5-8-13-6-3-2-4-7-13/h2-4,6-7,10-12H,5,8-9,17H2,1H3. The summed E-state index contributed by atoms with van der Waals surface area (Å²) in [5.74, 6) is 0.928. The van der Waals surface area contributed by atoms with Crippen molar-refractivity contribution >= 4 is 5.69 Å². The topological polar surface area (TPSA) is 35.2 Å². The molecule has 2 aromatic carbocycles. The van der Waals surface area contributed by atoms with Gasteiger partial charge in [-0.25, -0.2) is 0 Å². The van der Waals surface area contributed by atoms with E-state index in [0.29, 0.717) is 0 Å². The number of nitrogens with two attached hydrogens (primary N) is 1. The first kappa shape index (κ1) is 12.5. The third-order valence-electron chi connectivity index (χ3n) is 3.06. The van der Waals surface area contributed by atoms with Gasteiger partial charge in [0.1, 0.15) is 5.75 Å². The summed E-state index contributed by atoms with van der Waals surface area (Å²) in [5.41, 5.74) is 9.17. The van der Waals surface area contributed by atoms with E-state index >= 15 is 0 Å². The first-order valence-electron chi connectivity index (χ1n) is 6.26. The fourth-order valence-electron chi connectivity index (χ4n) is 2.12. The molecule has 0 atom stereocenters. The summed E-state index contributed by atoms with van der Waals surface area (Å²) in [6.45, 7) is 0. The third kappa shape index (κ3) is 3.27. The molecule has 2 aromatic rings. The van der Waals surface area contributed by atoms with Crippen LogP contribution in [0.3, 0.4) is 0 Å². The number of aryl methyl sites for hydroxylation is 2. The summed E-state index contributed by atoms with van der Waals surface area (Å²) in [6.07, 6.45) is 3.17. The molecule has 0 saturated heterocycles. The van der Waals surface area contributed by atoms with Crippen molar-refractivity contribution in [1.29, 1.82) is 0 Å². The molecule has 2 heteroatoms. The highest BCUT2D eigenvalue weighted by molar-refractivity contribution is 5.47. The van der Waals surface area contributed by atoms with Gasteiger partial charge < -0.3 is 10.5 Å². The number of nitrogen functional groups attached to an aromatic ring is 1. The lowest BCUT2D eigenvalue weighted by Gasteiger charge is -2.09. The van der Waals surface area contributed by atoms with E-state index in [4.69, 9.17) is 10.5 Å². The minimum absolute atomic E-state index is 0.797. The molecule has 0 saturated carbocycles. The highest BCUT2D eigenvalue weighted by atomic mass is 16.5. The lowest BCUT2D eigenvalue weighted by molar-refractivity contribution is 0.409. The van der Waals surface area contributed by atoms with Crippen molar-refractivity contribution in [2.45, 2.75) is 19.3 Å². The van der Waals surface area contributed by atoms with Crippen LogP contribution in [0.5, 0.6) is 5.75 Å². The molecule has 0 amide bonds. The van der Waals surface area contributed by atoms with Crippen LogP contribution in [0.1, 0.15) is 17.5 Å². The maximum Gasteiger partial charge on any atom is 0.122 e. The average Bonchev–Trinajstić information content (AvgIpc) is 2.40. The smallest absolute Gasteiger partial charge is 0.122 e. The number of anilines is 1. The Hall–Kier alpha value is -1.96. The molecule has 0 aliphatic carbocycles. The summed E-state index contributed by atoms with van der Waals surface area (Å²) in [6, 6.07) is 16.3. The van der Waals surface area contributed by atoms with Gasteiger partial charge in [-0.05, 0) is 48.6 Å². The van der Waals surface area contributed by atoms with Gasteiger partial charge >= 0.3 is 0 Å². The second kappa shape index (κ2) is 6.10. The Morgan fingerprint density at radius 2 is 1.78 bits per heavy atom. The van der Waals surface area contributed by atoms with Crippen LogP contribution in [0.2, 0.25) is 0 Å². The van der Waals surface area contributed by atoms with Gasteiger partial charge in [-0.15, -0.1) is 0 Å². The zero-order valence-corrected chi connectivity index (χ0v) is 10.7. The molecular formula is C16H19NO. The number of hydrogen-bond donors (Lipinski definition) is 1. The Morgan fingerprint density at radius 3 is 2.50 bits per heavy atom. The van der Waals surface area contributed by atoms with Crippen LogP contribution in [-0.4, -0.2) is 7.11 Å². The third-order valence-corrected chi connectivity index (χ3v) is 3.06. The van der Waals surface area contributed by atoms with Gasteiger partial charge in [-0.1, -0.05) is 30.3 Å². The molecule has 18 heavy (non-hydrogen) atoms. The molecule has 0 aliphatic rings. The van der Waals surface area contributed by atoms with Gasteiger partial charge in [0.2, 0.25) is 0 Å². The molecule has 2 rings (SSSR count). The molecular weight excluding hydrogens is 222 g/mol. The maximum absolute atomic E-state index is 5.81. The van der Waals surface area contributed by atoms with Crippen LogP contribution >= 0.6 is 0 Å². The van der Waals surface area contributed by atoms with Crippen LogP contribution < -0.4 is 10.5 Å². The molecule has 0 radical (unpaired) electrons. The summed E-state index contributed by atoms with van der Waals surface area (Å²) < 4.78 is 5.35. The Labute approximate surface area is 108 Å². The van der Waals surface area contributed by atoms with Crippen LogP contribution in [0.15, 0.2) is 48.5 Å². The summed E-state index contributed by atoms with van der Waals surface area (Å²) in [5, 5.41) is 0.